The standard InChI is InChI=1S/C16H24N4O2/c1-20(2)16-8-14(17)11(7-15(16)19-10-21)9-18-12-3-5-13(22)6-4-12/h7-10,12-13,22H,3-6,17H2,1-2H3,(H,19,21). The van der Waals surface area contributed by atoms with Crippen molar-refractivity contribution in [3.8, 4) is 0 Å². The van der Waals surface area contributed by atoms with Gasteiger partial charge in [0.1, 0.15) is 0 Å². The van der Waals surface area contributed by atoms with Crippen LogP contribution in [0.25, 0.3) is 0 Å². The quantitative estimate of drug-likeness (QED) is 0.438. The Morgan fingerprint density at radius 3 is 2.59 bits per heavy atom. The molecule has 4 N–H and O–H groups in total. The van der Waals surface area contributed by atoms with E-state index in [4.69, 9.17) is 5.73 Å². The summed E-state index contributed by atoms with van der Waals surface area (Å²) in [7, 11) is 3.79. The Morgan fingerprint density at radius 1 is 1.32 bits per heavy atom. The Morgan fingerprint density at radius 2 is 2.00 bits per heavy atom. The van der Waals surface area contributed by atoms with Gasteiger partial charge >= 0.3 is 0 Å². The Kier molecular flexibility index (Phi) is 5.38. The second-order valence-electron chi connectivity index (χ2n) is 5.90. The average Bonchev–Trinajstić information content (AvgIpc) is 2.49. The molecule has 0 saturated heterocycles. The van der Waals surface area contributed by atoms with Crippen LogP contribution in [0.3, 0.4) is 0 Å². The van der Waals surface area contributed by atoms with Crippen molar-refractivity contribution in [1.82, 2.24) is 0 Å². The van der Waals surface area contributed by atoms with Crippen molar-refractivity contribution in [2.24, 2.45) is 4.99 Å². The highest BCUT2D eigenvalue weighted by atomic mass is 16.3. The van der Waals surface area contributed by atoms with Gasteiger partial charge in [0.2, 0.25) is 6.41 Å². The van der Waals surface area contributed by atoms with Crippen LogP contribution < -0.4 is 16.0 Å². The number of hydrogen-bond acceptors (Lipinski definition) is 5. The van der Waals surface area contributed by atoms with E-state index < -0.39 is 0 Å². The number of aliphatic imine (C=N–C) groups is 1. The summed E-state index contributed by atoms with van der Waals surface area (Å²) < 4.78 is 0. The van der Waals surface area contributed by atoms with Gasteiger partial charge in [0.05, 0.1) is 23.5 Å². The highest BCUT2D eigenvalue weighted by Crippen LogP contribution is 2.29. The molecular weight excluding hydrogens is 280 g/mol. The maximum absolute atomic E-state index is 10.8. The highest BCUT2D eigenvalue weighted by Gasteiger charge is 2.18. The van der Waals surface area contributed by atoms with Crippen LogP contribution >= 0.6 is 0 Å². The maximum Gasteiger partial charge on any atom is 0.211 e. The molecule has 120 valence electrons. The van der Waals surface area contributed by atoms with Crippen LogP contribution in [0.4, 0.5) is 17.1 Å². The fourth-order valence-corrected chi connectivity index (χ4v) is 2.68. The molecule has 1 aromatic rings. The lowest BCUT2D eigenvalue weighted by molar-refractivity contribution is -0.105. The Labute approximate surface area is 131 Å². The minimum Gasteiger partial charge on any atom is -0.398 e. The number of rotatable bonds is 5. The van der Waals surface area contributed by atoms with Crippen LogP contribution in [-0.4, -0.2) is 44.0 Å². The van der Waals surface area contributed by atoms with E-state index in [1.807, 2.05) is 31.1 Å². The van der Waals surface area contributed by atoms with Crippen molar-refractivity contribution in [3.63, 3.8) is 0 Å². The molecule has 0 atom stereocenters. The van der Waals surface area contributed by atoms with Gasteiger partial charge < -0.3 is 21.1 Å². The third-order valence-corrected chi connectivity index (χ3v) is 3.99. The number of nitrogens with one attached hydrogen (secondary N) is 1. The van der Waals surface area contributed by atoms with Gasteiger partial charge in [0, 0.05) is 31.6 Å². The van der Waals surface area contributed by atoms with Gasteiger partial charge in [-0.25, -0.2) is 0 Å². The van der Waals surface area contributed by atoms with Gasteiger partial charge in [-0.15, -0.1) is 0 Å². The fourth-order valence-electron chi connectivity index (χ4n) is 2.68. The number of nitrogen functional groups attached to an aromatic ring is 1. The van der Waals surface area contributed by atoms with E-state index >= 15 is 0 Å². The summed E-state index contributed by atoms with van der Waals surface area (Å²) in [5.41, 5.74) is 9.06. The summed E-state index contributed by atoms with van der Waals surface area (Å²) in [4.78, 5) is 17.2. The predicted molar refractivity (Wildman–Crippen MR) is 90.7 cm³/mol. The molecule has 0 spiro atoms. The monoisotopic (exact) mass is 304 g/mol. The lowest BCUT2D eigenvalue weighted by atomic mass is 9.93. The number of aliphatic hydroxyl groups is 1. The van der Waals surface area contributed by atoms with Crippen LogP contribution in [0, 0.1) is 0 Å². The van der Waals surface area contributed by atoms with Gasteiger partial charge in [-0.2, -0.15) is 0 Å². The van der Waals surface area contributed by atoms with Crippen molar-refractivity contribution in [3.05, 3.63) is 17.7 Å². The van der Waals surface area contributed by atoms with Crippen molar-refractivity contribution < 1.29 is 9.90 Å². The van der Waals surface area contributed by atoms with Gasteiger partial charge in [0.25, 0.3) is 0 Å². The first-order valence-electron chi connectivity index (χ1n) is 7.53. The summed E-state index contributed by atoms with van der Waals surface area (Å²) in [6.45, 7) is 0. The van der Waals surface area contributed by atoms with Crippen LogP contribution in [0.2, 0.25) is 0 Å². The number of nitrogens with two attached hydrogens (primary N) is 1. The lowest BCUT2D eigenvalue weighted by Crippen LogP contribution is -2.20. The van der Waals surface area contributed by atoms with Crippen molar-refractivity contribution in [2.45, 2.75) is 37.8 Å². The zero-order valence-corrected chi connectivity index (χ0v) is 13.1. The molecule has 1 aromatic carbocycles. The number of carbonyl (C=O) groups is 1. The van der Waals surface area contributed by atoms with E-state index in [1.54, 1.807) is 6.21 Å². The van der Waals surface area contributed by atoms with Crippen molar-refractivity contribution in [1.29, 1.82) is 0 Å². The third-order valence-electron chi connectivity index (χ3n) is 3.99. The molecule has 1 aliphatic carbocycles. The molecule has 22 heavy (non-hydrogen) atoms. The molecule has 1 aliphatic rings. The first kappa shape index (κ1) is 16.3. The number of amides is 1. The number of anilines is 3. The van der Waals surface area contributed by atoms with Gasteiger partial charge in [-0.05, 0) is 37.8 Å². The fraction of sp³-hybridized carbons (Fsp3) is 0.500. The summed E-state index contributed by atoms with van der Waals surface area (Å²) in [6, 6.07) is 3.90. The zero-order valence-electron chi connectivity index (χ0n) is 13.1. The Hall–Kier alpha value is -2.08. The summed E-state index contributed by atoms with van der Waals surface area (Å²) in [5.74, 6) is 0. The van der Waals surface area contributed by atoms with E-state index in [0.717, 1.165) is 36.9 Å². The number of benzene rings is 1. The first-order chi connectivity index (χ1) is 10.5. The number of aliphatic hydroxyl groups excluding tert-OH is 1. The molecule has 1 saturated carbocycles. The Balaban J connectivity index is 2.19. The SMILES string of the molecule is CN(C)c1cc(N)c(C=NC2CCC(O)CC2)cc1NC=O. The predicted octanol–water partition coefficient (Wildman–Crippen LogP) is 1.63. The van der Waals surface area contributed by atoms with Crippen molar-refractivity contribution >= 4 is 29.7 Å². The van der Waals surface area contributed by atoms with Gasteiger partial charge in [-0.1, -0.05) is 0 Å². The van der Waals surface area contributed by atoms with Crippen LogP contribution in [-0.2, 0) is 4.79 Å². The summed E-state index contributed by atoms with van der Waals surface area (Å²) >= 11 is 0. The van der Waals surface area contributed by atoms with E-state index in [1.165, 1.54) is 0 Å². The second kappa shape index (κ2) is 7.26. The topological polar surface area (TPSA) is 90.9 Å². The largest absolute Gasteiger partial charge is 0.398 e. The van der Waals surface area contributed by atoms with E-state index in [-0.39, 0.29) is 12.1 Å². The summed E-state index contributed by atoms with van der Waals surface area (Å²) in [6.07, 6.45) is 5.64. The maximum atomic E-state index is 10.8. The van der Waals surface area contributed by atoms with Crippen LogP contribution in [0.1, 0.15) is 31.2 Å². The van der Waals surface area contributed by atoms with Gasteiger partial charge in [-0.3, -0.25) is 9.79 Å². The van der Waals surface area contributed by atoms with Gasteiger partial charge in [0.15, 0.2) is 0 Å². The lowest BCUT2D eigenvalue weighted by Gasteiger charge is -2.22. The molecule has 1 amide bonds. The average molecular weight is 304 g/mol. The number of carbonyl (C=O) groups excluding carboxylic acids is 1. The molecule has 0 bridgehead atoms. The first-order valence-corrected chi connectivity index (χ1v) is 7.53. The van der Waals surface area contributed by atoms with Crippen molar-refractivity contribution in [2.75, 3.05) is 30.0 Å². The van der Waals surface area contributed by atoms with E-state index in [9.17, 15) is 9.90 Å². The molecule has 0 aliphatic heterocycles. The molecular formula is C16H24N4O2. The van der Waals surface area contributed by atoms with E-state index in [2.05, 4.69) is 10.3 Å². The number of nitrogens with zero attached hydrogens (tertiary/aromatic N) is 2. The molecule has 0 aromatic heterocycles. The zero-order chi connectivity index (χ0) is 16.1. The minimum atomic E-state index is -0.181. The Bertz CT molecular complexity index is 549. The van der Waals surface area contributed by atoms with Crippen LogP contribution in [0.5, 0.6) is 0 Å². The second-order valence-corrected chi connectivity index (χ2v) is 5.90. The smallest absolute Gasteiger partial charge is 0.211 e. The molecule has 0 unspecified atom stereocenters. The van der Waals surface area contributed by atoms with Crippen LogP contribution in [0.15, 0.2) is 17.1 Å². The summed E-state index contributed by atoms with van der Waals surface area (Å²) in [5, 5.41) is 12.2. The molecule has 0 heterocycles. The molecule has 6 heteroatoms. The molecule has 2 rings (SSSR count). The normalized spacial score (nSPS) is 21.8. The molecule has 6 nitrogen and oxygen atoms in total. The molecule has 0 radical (unpaired) electrons. The molecule has 1 fully saturated rings. The third kappa shape index (κ3) is 3.98. The minimum absolute atomic E-state index is 0.181. The van der Waals surface area contributed by atoms with E-state index in [0.29, 0.717) is 17.8 Å². The number of hydrogen-bond donors (Lipinski definition) is 3. The highest BCUT2D eigenvalue weighted by molar-refractivity contribution is 5.94.